The Balaban J connectivity index is 0.00000288. The van der Waals surface area contributed by atoms with Crippen LogP contribution in [0.4, 0.5) is 10.5 Å². The van der Waals surface area contributed by atoms with Gasteiger partial charge in [0.25, 0.3) is 0 Å². The van der Waals surface area contributed by atoms with Crippen LogP contribution < -0.4 is 10.6 Å². The minimum atomic E-state index is -0.992. The number of benzene rings is 1. The van der Waals surface area contributed by atoms with Gasteiger partial charge in [0.1, 0.15) is 6.54 Å². The van der Waals surface area contributed by atoms with E-state index in [1.807, 2.05) is 13.0 Å². The Morgan fingerprint density at radius 1 is 1.17 bits per heavy atom. The van der Waals surface area contributed by atoms with Crippen molar-refractivity contribution in [2.75, 3.05) is 25.5 Å². The van der Waals surface area contributed by atoms with Crippen molar-refractivity contribution in [1.82, 2.24) is 15.1 Å². The molecule has 0 atom stereocenters. The number of urea groups is 1. The van der Waals surface area contributed by atoms with E-state index in [2.05, 4.69) is 10.6 Å². The van der Waals surface area contributed by atoms with Gasteiger partial charge in [0.2, 0.25) is 5.91 Å². The lowest BCUT2D eigenvalue weighted by Gasteiger charge is -2.13. The van der Waals surface area contributed by atoms with Crippen molar-refractivity contribution >= 4 is 41.8 Å². The van der Waals surface area contributed by atoms with E-state index in [1.54, 1.807) is 18.2 Å². The van der Waals surface area contributed by atoms with Crippen LogP contribution in [0.3, 0.4) is 0 Å². The predicted molar refractivity (Wildman–Crippen MR) is 89.6 cm³/mol. The number of imide groups is 2. The van der Waals surface area contributed by atoms with Crippen LogP contribution in [0.15, 0.2) is 24.3 Å². The molecule has 0 bridgehead atoms. The molecule has 0 unspecified atom stereocenters. The summed E-state index contributed by atoms with van der Waals surface area (Å²) in [5.74, 6) is -2.47. The Morgan fingerprint density at radius 3 is 2.46 bits per heavy atom. The maximum absolute atomic E-state index is 12.0. The largest absolute Gasteiger partial charge is 0.334 e. The molecule has 1 fully saturated rings. The van der Waals surface area contributed by atoms with E-state index in [-0.39, 0.29) is 12.4 Å². The lowest BCUT2D eigenvalue weighted by molar-refractivity contribution is -0.143. The summed E-state index contributed by atoms with van der Waals surface area (Å²) in [7, 11) is 1.20. The van der Waals surface area contributed by atoms with Crippen LogP contribution in [0.2, 0.25) is 0 Å². The summed E-state index contributed by atoms with van der Waals surface area (Å²) in [5.41, 5.74) is 1.55. The van der Waals surface area contributed by atoms with Gasteiger partial charge in [0.15, 0.2) is 0 Å². The van der Waals surface area contributed by atoms with Crippen molar-refractivity contribution in [3.05, 3.63) is 29.8 Å². The second kappa shape index (κ2) is 8.42. The van der Waals surface area contributed by atoms with Crippen molar-refractivity contribution in [3.8, 4) is 0 Å². The fraction of sp³-hybridized carbons (Fsp3) is 0.333. The van der Waals surface area contributed by atoms with Gasteiger partial charge >= 0.3 is 17.8 Å². The topological polar surface area (TPSA) is 98.8 Å². The molecule has 1 saturated heterocycles. The highest BCUT2D eigenvalue weighted by molar-refractivity contribution is 6.44. The number of hydrogen-bond acceptors (Lipinski definition) is 5. The molecule has 0 spiro atoms. The van der Waals surface area contributed by atoms with Gasteiger partial charge in [-0.2, -0.15) is 0 Å². The molecule has 8 nitrogen and oxygen atoms in total. The first-order valence-corrected chi connectivity index (χ1v) is 7.17. The molecular weight excluding hydrogens is 336 g/mol. The van der Waals surface area contributed by atoms with Crippen LogP contribution >= 0.6 is 12.4 Å². The summed E-state index contributed by atoms with van der Waals surface area (Å²) in [6.07, 6.45) is 0. The summed E-state index contributed by atoms with van der Waals surface area (Å²) in [6, 6.07) is 6.42. The van der Waals surface area contributed by atoms with Gasteiger partial charge in [-0.3, -0.25) is 19.3 Å². The Labute approximate surface area is 145 Å². The Kier molecular flexibility index (Phi) is 6.87. The average molecular weight is 355 g/mol. The molecule has 9 heteroatoms. The molecule has 1 heterocycles. The second-order valence-corrected chi connectivity index (χ2v) is 5.07. The highest BCUT2D eigenvalue weighted by Crippen LogP contribution is 2.12. The fourth-order valence-electron chi connectivity index (χ4n) is 2.13. The third-order valence-electron chi connectivity index (χ3n) is 3.34. The Hall–Kier alpha value is -2.45. The molecule has 1 aliphatic heterocycles. The molecule has 0 aliphatic carbocycles. The quantitative estimate of drug-likeness (QED) is 0.575. The van der Waals surface area contributed by atoms with E-state index in [9.17, 15) is 19.2 Å². The number of anilines is 1. The number of carbonyl (C=O) groups excluding carboxylic acids is 4. The molecule has 0 radical (unpaired) electrons. The number of rotatable bonds is 6. The highest BCUT2D eigenvalue weighted by atomic mass is 35.5. The molecule has 24 heavy (non-hydrogen) atoms. The van der Waals surface area contributed by atoms with Crippen LogP contribution in [-0.2, 0) is 20.9 Å². The minimum Gasteiger partial charge on any atom is -0.325 e. The van der Waals surface area contributed by atoms with E-state index in [0.29, 0.717) is 22.0 Å². The number of amides is 5. The summed E-state index contributed by atoms with van der Waals surface area (Å²) < 4.78 is 0. The normalized spacial score (nSPS) is 14.0. The van der Waals surface area contributed by atoms with E-state index < -0.39 is 30.3 Å². The monoisotopic (exact) mass is 354 g/mol. The van der Waals surface area contributed by atoms with Gasteiger partial charge in [-0.1, -0.05) is 19.1 Å². The summed E-state index contributed by atoms with van der Waals surface area (Å²) >= 11 is 0. The number of nitrogens with one attached hydrogen (secondary N) is 2. The third kappa shape index (κ3) is 4.30. The number of likely N-dealkylation sites (N-methyl/N-ethyl adjacent to an activating group) is 1. The summed E-state index contributed by atoms with van der Waals surface area (Å²) in [6.45, 7) is 3.00. The van der Waals surface area contributed by atoms with E-state index in [4.69, 9.17) is 0 Å². The Morgan fingerprint density at radius 2 is 1.88 bits per heavy atom. The zero-order valence-corrected chi connectivity index (χ0v) is 14.2. The SMILES string of the molecule is CCNCc1cccc(NC(=O)CN2C(=O)C(=O)N(C)C2=O)c1.Cl. The number of carbonyl (C=O) groups is 4. The third-order valence-corrected chi connectivity index (χ3v) is 3.34. The number of halogens is 1. The maximum Gasteiger partial charge on any atom is 0.334 e. The van der Waals surface area contributed by atoms with Crippen LogP contribution in [0.1, 0.15) is 12.5 Å². The van der Waals surface area contributed by atoms with E-state index in [0.717, 1.165) is 12.1 Å². The van der Waals surface area contributed by atoms with E-state index in [1.165, 1.54) is 7.05 Å². The first-order valence-electron chi connectivity index (χ1n) is 7.17. The number of nitrogens with zero attached hydrogens (tertiary/aromatic N) is 2. The molecule has 1 aromatic rings. The average Bonchev–Trinajstić information content (AvgIpc) is 2.71. The van der Waals surface area contributed by atoms with Gasteiger partial charge in [-0.15, -0.1) is 12.4 Å². The van der Waals surface area contributed by atoms with Crippen LogP contribution in [0, 0.1) is 0 Å². The first-order chi connectivity index (χ1) is 10.9. The predicted octanol–water partition coefficient (Wildman–Crippen LogP) is 0.577. The van der Waals surface area contributed by atoms with Crippen molar-refractivity contribution in [2.24, 2.45) is 0 Å². The van der Waals surface area contributed by atoms with Crippen LogP contribution in [0.25, 0.3) is 0 Å². The second-order valence-electron chi connectivity index (χ2n) is 5.07. The molecule has 2 rings (SSSR count). The fourth-order valence-corrected chi connectivity index (χ4v) is 2.13. The Bertz CT molecular complexity index is 665. The lowest BCUT2D eigenvalue weighted by Crippen LogP contribution is -2.38. The van der Waals surface area contributed by atoms with Gasteiger partial charge in [0, 0.05) is 19.3 Å². The van der Waals surface area contributed by atoms with Crippen LogP contribution in [-0.4, -0.2) is 53.7 Å². The smallest absolute Gasteiger partial charge is 0.325 e. The van der Waals surface area contributed by atoms with Crippen molar-refractivity contribution in [1.29, 1.82) is 0 Å². The lowest BCUT2D eigenvalue weighted by atomic mass is 10.2. The van der Waals surface area contributed by atoms with Gasteiger partial charge in [0.05, 0.1) is 0 Å². The van der Waals surface area contributed by atoms with Crippen molar-refractivity contribution in [2.45, 2.75) is 13.5 Å². The van der Waals surface area contributed by atoms with Gasteiger partial charge in [-0.25, -0.2) is 9.69 Å². The molecule has 5 amide bonds. The maximum atomic E-state index is 12.0. The molecule has 2 N–H and O–H groups in total. The molecular formula is C15H19ClN4O4. The molecule has 1 aliphatic rings. The van der Waals surface area contributed by atoms with Gasteiger partial charge < -0.3 is 10.6 Å². The standard InChI is InChI=1S/C15H18N4O4.ClH/c1-3-16-8-10-5-4-6-11(7-10)17-12(20)9-19-14(22)13(21)18(2)15(19)23;/h4-7,16H,3,8-9H2,1-2H3,(H,17,20);1H. The zero-order chi connectivity index (χ0) is 17.0. The van der Waals surface area contributed by atoms with E-state index >= 15 is 0 Å². The molecule has 130 valence electrons. The van der Waals surface area contributed by atoms with Crippen LogP contribution in [0.5, 0.6) is 0 Å². The summed E-state index contributed by atoms with van der Waals surface area (Å²) in [4.78, 5) is 48.0. The highest BCUT2D eigenvalue weighted by Gasteiger charge is 2.42. The zero-order valence-electron chi connectivity index (χ0n) is 13.4. The molecule has 0 saturated carbocycles. The summed E-state index contributed by atoms with van der Waals surface area (Å²) in [5, 5.41) is 5.79. The van der Waals surface area contributed by atoms with Crippen molar-refractivity contribution in [3.63, 3.8) is 0 Å². The first kappa shape index (κ1) is 19.6. The molecule has 0 aromatic heterocycles. The van der Waals surface area contributed by atoms with Crippen molar-refractivity contribution < 1.29 is 19.2 Å². The van der Waals surface area contributed by atoms with Gasteiger partial charge in [-0.05, 0) is 24.2 Å². The number of hydrogen-bond donors (Lipinski definition) is 2. The minimum absolute atomic E-state index is 0. The molecule has 1 aromatic carbocycles.